The second kappa shape index (κ2) is 5.70. The molecule has 1 aromatic heterocycles. The SMILES string of the molecule is CCNc1nc(-c2ccccc2Cl)nc2c(C)cccc12. The van der Waals surface area contributed by atoms with Crippen molar-refractivity contribution in [3.8, 4) is 11.4 Å². The van der Waals surface area contributed by atoms with E-state index in [1.54, 1.807) is 0 Å². The Kier molecular flexibility index (Phi) is 3.76. The molecule has 0 amide bonds. The van der Waals surface area contributed by atoms with Crippen molar-refractivity contribution in [2.75, 3.05) is 11.9 Å². The summed E-state index contributed by atoms with van der Waals surface area (Å²) in [5.41, 5.74) is 2.93. The Labute approximate surface area is 129 Å². The van der Waals surface area contributed by atoms with E-state index in [-0.39, 0.29) is 0 Å². The number of benzene rings is 2. The van der Waals surface area contributed by atoms with Crippen LogP contribution in [-0.2, 0) is 0 Å². The maximum Gasteiger partial charge on any atom is 0.163 e. The van der Waals surface area contributed by atoms with E-state index in [9.17, 15) is 0 Å². The van der Waals surface area contributed by atoms with Gasteiger partial charge in [0.2, 0.25) is 0 Å². The lowest BCUT2D eigenvalue weighted by Gasteiger charge is -2.11. The molecule has 0 spiro atoms. The number of para-hydroxylation sites is 1. The Bertz CT molecular complexity index is 799. The van der Waals surface area contributed by atoms with Gasteiger partial charge in [0.15, 0.2) is 5.82 Å². The summed E-state index contributed by atoms with van der Waals surface area (Å²) in [6.07, 6.45) is 0. The smallest absolute Gasteiger partial charge is 0.163 e. The first-order valence-corrected chi connectivity index (χ1v) is 7.34. The van der Waals surface area contributed by atoms with Crippen molar-refractivity contribution < 1.29 is 0 Å². The zero-order chi connectivity index (χ0) is 14.8. The second-order valence-corrected chi connectivity index (χ2v) is 5.28. The molecule has 3 nitrogen and oxygen atoms in total. The van der Waals surface area contributed by atoms with Gasteiger partial charge in [-0.15, -0.1) is 0 Å². The van der Waals surface area contributed by atoms with Gasteiger partial charge in [0.05, 0.1) is 10.5 Å². The van der Waals surface area contributed by atoms with Crippen molar-refractivity contribution in [3.63, 3.8) is 0 Å². The lowest BCUT2D eigenvalue weighted by molar-refractivity contribution is 1.14. The molecular weight excluding hydrogens is 282 g/mol. The second-order valence-electron chi connectivity index (χ2n) is 4.88. The van der Waals surface area contributed by atoms with Crippen LogP contribution in [0.1, 0.15) is 12.5 Å². The van der Waals surface area contributed by atoms with Crippen LogP contribution in [0.5, 0.6) is 0 Å². The quantitative estimate of drug-likeness (QED) is 0.762. The molecule has 0 saturated carbocycles. The molecule has 3 aromatic rings. The van der Waals surface area contributed by atoms with Crippen molar-refractivity contribution in [1.82, 2.24) is 9.97 Å². The first-order valence-electron chi connectivity index (χ1n) is 6.97. The topological polar surface area (TPSA) is 37.8 Å². The predicted molar refractivity (Wildman–Crippen MR) is 88.9 cm³/mol. The van der Waals surface area contributed by atoms with Gasteiger partial charge in [-0.2, -0.15) is 0 Å². The van der Waals surface area contributed by atoms with Crippen molar-refractivity contribution in [2.24, 2.45) is 0 Å². The molecule has 0 fully saturated rings. The number of nitrogens with one attached hydrogen (secondary N) is 1. The molecule has 0 atom stereocenters. The molecule has 1 heterocycles. The van der Waals surface area contributed by atoms with Crippen molar-refractivity contribution >= 4 is 28.3 Å². The fourth-order valence-corrected chi connectivity index (χ4v) is 2.58. The largest absolute Gasteiger partial charge is 0.370 e. The molecule has 0 aliphatic carbocycles. The number of hydrogen-bond acceptors (Lipinski definition) is 3. The molecule has 0 aliphatic rings. The minimum atomic E-state index is 0.651. The van der Waals surface area contributed by atoms with Crippen molar-refractivity contribution in [2.45, 2.75) is 13.8 Å². The zero-order valence-electron chi connectivity index (χ0n) is 12.0. The summed E-state index contributed by atoms with van der Waals surface area (Å²) in [5, 5.41) is 5.01. The minimum absolute atomic E-state index is 0.651. The number of nitrogens with zero attached hydrogens (tertiary/aromatic N) is 2. The lowest BCUT2D eigenvalue weighted by Crippen LogP contribution is -2.03. The average molecular weight is 298 g/mol. The molecule has 2 aromatic carbocycles. The monoisotopic (exact) mass is 297 g/mol. The van der Waals surface area contributed by atoms with E-state index in [1.165, 1.54) is 0 Å². The number of aromatic nitrogens is 2. The van der Waals surface area contributed by atoms with Gasteiger partial charge in [0.1, 0.15) is 5.82 Å². The summed E-state index contributed by atoms with van der Waals surface area (Å²) in [6.45, 7) is 4.92. The van der Waals surface area contributed by atoms with E-state index in [4.69, 9.17) is 16.6 Å². The van der Waals surface area contributed by atoms with Crippen molar-refractivity contribution in [1.29, 1.82) is 0 Å². The Balaban J connectivity index is 2.30. The van der Waals surface area contributed by atoms with Gasteiger partial charge in [-0.25, -0.2) is 9.97 Å². The van der Waals surface area contributed by atoms with Crippen LogP contribution in [0.2, 0.25) is 5.02 Å². The maximum atomic E-state index is 6.28. The highest BCUT2D eigenvalue weighted by Gasteiger charge is 2.12. The van der Waals surface area contributed by atoms with Gasteiger partial charge in [0.25, 0.3) is 0 Å². The Morgan fingerprint density at radius 1 is 1.05 bits per heavy atom. The zero-order valence-corrected chi connectivity index (χ0v) is 12.8. The third-order valence-corrected chi connectivity index (χ3v) is 3.72. The molecule has 1 N–H and O–H groups in total. The van der Waals surface area contributed by atoms with Crippen LogP contribution in [0.4, 0.5) is 5.82 Å². The first kappa shape index (κ1) is 13.8. The number of hydrogen-bond donors (Lipinski definition) is 1. The standard InChI is InChI=1S/C17H16ClN3/c1-3-19-16-13-9-6-7-11(2)15(13)20-17(21-16)12-8-4-5-10-14(12)18/h4-10H,3H2,1-2H3,(H,19,20,21). The van der Waals surface area contributed by atoms with Crippen LogP contribution in [0, 0.1) is 6.92 Å². The number of rotatable bonds is 3. The number of halogens is 1. The van der Waals surface area contributed by atoms with Crippen LogP contribution in [-0.4, -0.2) is 16.5 Å². The molecule has 3 rings (SSSR count). The molecule has 0 aliphatic heterocycles. The molecule has 0 unspecified atom stereocenters. The third kappa shape index (κ3) is 2.57. The Hall–Kier alpha value is -2.13. The summed E-state index contributed by atoms with van der Waals surface area (Å²) < 4.78 is 0. The number of aryl methyl sites for hydroxylation is 1. The molecule has 21 heavy (non-hydrogen) atoms. The van der Waals surface area contributed by atoms with E-state index >= 15 is 0 Å². The summed E-state index contributed by atoms with van der Waals surface area (Å²) in [7, 11) is 0. The van der Waals surface area contributed by atoms with E-state index < -0.39 is 0 Å². The fourth-order valence-electron chi connectivity index (χ4n) is 2.36. The van der Waals surface area contributed by atoms with Crippen LogP contribution in [0.25, 0.3) is 22.3 Å². The fraction of sp³-hybridized carbons (Fsp3) is 0.176. The highest BCUT2D eigenvalue weighted by atomic mass is 35.5. The summed E-state index contributed by atoms with van der Waals surface area (Å²) in [5.74, 6) is 1.50. The van der Waals surface area contributed by atoms with Crippen LogP contribution < -0.4 is 5.32 Å². The predicted octanol–water partition coefficient (Wildman–Crippen LogP) is 4.69. The summed E-state index contributed by atoms with van der Waals surface area (Å²) in [4.78, 5) is 9.37. The first-order chi connectivity index (χ1) is 10.2. The van der Waals surface area contributed by atoms with E-state index in [0.717, 1.165) is 34.4 Å². The highest BCUT2D eigenvalue weighted by Crippen LogP contribution is 2.30. The normalized spacial score (nSPS) is 10.8. The summed E-state index contributed by atoms with van der Waals surface area (Å²) in [6, 6.07) is 13.8. The number of fused-ring (bicyclic) bond motifs is 1. The van der Waals surface area contributed by atoms with Gasteiger partial charge in [-0.3, -0.25) is 0 Å². The summed E-state index contributed by atoms with van der Waals surface area (Å²) >= 11 is 6.28. The highest BCUT2D eigenvalue weighted by molar-refractivity contribution is 6.33. The third-order valence-electron chi connectivity index (χ3n) is 3.39. The van der Waals surface area contributed by atoms with Gasteiger partial charge in [-0.05, 0) is 37.6 Å². The van der Waals surface area contributed by atoms with Crippen LogP contribution in [0.15, 0.2) is 42.5 Å². The van der Waals surface area contributed by atoms with Crippen LogP contribution >= 0.6 is 11.6 Å². The van der Waals surface area contributed by atoms with Gasteiger partial charge in [0, 0.05) is 17.5 Å². The molecule has 4 heteroatoms. The lowest BCUT2D eigenvalue weighted by atomic mass is 10.1. The molecule has 0 bridgehead atoms. The number of anilines is 1. The van der Waals surface area contributed by atoms with E-state index in [2.05, 4.69) is 30.2 Å². The average Bonchev–Trinajstić information content (AvgIpc) is 2.49. The molecular formula is C17H16ClN3. The molecule has 106 valence electrons. The minimum Gasteiger partial charge on any atom is -0.370 e. The van der Waals surface area contributed by atoms with Gasteiger partial charge < -0.3 is 5.32 Å². The van der Waals surface area contributed by atoms with Crippen LogP contribution in [0.3, 0.4) is 0 Å². The van der Waals surface area contributed by atoms with E-state index in [0.29, 0.717) is 10.8 Å². The molecule has 0 radical (unpaired) electrons. The van der Waals surface area contributed by atoms with Crippen molar-refractivity contribution in [3.05, 3.63) is 53.1 Å². The maximum absolute atomic E-state index is 6.28. The molecule has 0 saturated heterocycles. The Morgan fingerprint density at radius 3 is 2.62 bits per heavy atom. The van der Waals surface area contributed by atoms with E-state index in [1.807, 2.05) is 36.4 Å². The van der Waals surface area contributed by atoms with Gasteiger partial charge in [-0.1, -0.05) is 35.9 Å². The van der Waals surface area contributed by atoms with Gasteiger partial charge >= 0.3 is 0 Å². The Morgan fingerprint density at radius 2 is 1.86 bits per heavy atom.